The van der Waals surface area contributed by atoms with Gasteiger partial charge in [-0.05, 0) is 57.8 Å². The summed E-state index contributed by atoms with van der Waals surface area (Å²) in [6, 6.07) is 21.8. The number of pyridine rings is 1. The van der Waals surface area contributed by atoms with Crippen molar-refractivity contribution in [3.05, 3.63) is 93.9 Å². The molecule has 4 aromatic rings. The highest BCUT2D eigenvalue weighted by atomic mass is 16.5. The minimum Gasteiger partial charge on any atom is -0.425 e. The zero-order valence-corrected chi connectivity index (χ0v) is 13.8. The molecule has 25 heavy (non-hydrogen) atoms. The zero-order chi connectivity index (χ0) is 17.4. The predicted octanol–water partition coefficient (Wildman–Crippen LogP) is 4.87. The lowest BCUT2D eigenvalue weighted by atomic mass is 9.96. The molecular weight excluding hydrogens is 310 g/mol. The van der Waals surface area contributed by atoms with Crippen LogP contribution in [0.25, 0.3) is 33.7 Å². The third kappa shape index (κ3) is 2.70. The van der Waals surface area contributed by atoms with Crippen LogP contribution < -0.4 is 5.56 Å². The maximum atomic E-state index is 11.8. The number of fused-ring (bicyclic) bond motifs is 2. The molecule has 3 nitrogen and oxygen atoms in total. The van der Waals surface area contributed by atoms with E-state index >= 15 is 0 Å². The molecule has 0 aliphatic heterocycles. The second kappa shape index (κ2) is 5.95. The van der Waals surface area contributed by atoms with Gasteiger partial charge in [0.25, 0.3) is 5.56 Å². The topological polar surface area (TPSA) is 42.2 Å². The average Bonchev–Trinajstić information content (AvgIpc) is 2.62. The number of aryl methyl sites for hydroxylation is 1. The summed E-state index contributed by atoms with van der Waals surface area (Å²) in [7, 11) is 0. The van der Waals surface area contributed by atoms with Crippen LogP contribution in [-0.2, 0) is 0 Å². The van der Waals surface area contributed by atoms with Gasteiger partial charge in [0.05, 0.1) is 5.69 Å². The Morgan fingerprint density at radius 1 is 0.840 bits per heavy atom. The molecule has 0 amide bonds. The molecule has 1 N–H and O–H groups in total. The molecule has 0 unspecified atom stereocenters. The van der Waals surface area contributed by atoms with Crippen molar-refractivity contribution in [1.29, 1.82) is 0 Å². The van der Waals surface area contributed by atoms with Crippen LogP contribution in [0, 0.1) is 6.92 Å². The number of hydrogen-bond acceptors (Lipinski definition) is 2. The van der Waals surface area contributed by atoms with Crippen LogP contribution in [0.5, 0.6) is 0 Å². The number of rotatable bonds is 2. The molecule has 3 aromatic carbocycles. The highest BCUT2D eigenvalue weighted by Gasteiger charge is 2.06. The summed E-state index contributed by atoms with van der Waals surface area (Å²) in [6.45, 7) is 1.84. The first-order valence-electron chi connectivity index (χ1n) is 8.15. The summed E-state index contributed by atoms with van der Waals surface area (Å²) >= 11 is 0. The minimum atomic E-state index is -0.428. The summed E-state index contributed by atoms with van der Waals surface area (Å²) in [5, 5.41) is 14.6. The van der Waals surface area contributed by atoms with E-state index in [-0.39, 0.29) is 0 Å². The van der Waals surface area contributed by atoms with E-state index in [1.807, 2.05) is 37.3 Å². The van der Waals surface area contributed by atoms with E-state index < -0.39 is 5.56 Å². The standard InChI is InChI=1S/C22H17NO2/c1-15-12-18(23(25)22(24)13-15)10-11-21-19-8-4-2-6-16(19)14-17-7-3-5-9-20(17)21/h2-14,25H,1H3. The van der Waals surface area contributed by atoms with Gasteiger partial charge in [-0.3, -0.25) is 4.79 Å². The van der Waals surface area contributed by atoms with Crippen LogP contribution in [-0.4, -0.2) is 9.94 Å². The quantitative estimate of drug-likeness (QED) is 0.421. The summed E-state index contributed by atoms with van der Waals surface area (Å²) in [6.07, 6.45) is 3.74. The second-order valence-electron chi connectivity index (χ2n) is 6.17. The number of hydrogen-bond donors (Lipinski definition) is 1. The number of aromatic nitrogens is 1. The lowest BCUT2D eigenvalue weighted by Gasteiger charge is -2.09. The van der Waals surface area contributed by atoms with Crippen LogP contribution in [0.4, 0.5) is 0 Å². The first kappa shape index (κ1) is 15.2. The van der Waals surface area contributed by atoms with Gasteiger partial charge < -0.3 is 5.21 Å². The van der Waals surface area contributed by atoms with Crippen LogP contribution in [0.15, 0.2) is 71.5 Å². The Balaban J connectivity index is 1.98. The molecular formula is C22H17NO2. The van der Waals surface area contributed by atoms with Crippen molar-refractivity contribution in [3.63, 3.8) is 0 Å². The number of benzene rings is 3. The summed E-state index contributed by atoms with van der Waals surface area (Å²) in [4.78, 5) is 11.8. The Labute approximate surface area is 145 Å². The van der Waals surface area contributed by atoms with E-state index in [2.05, 4.69) is 30.3 Å². The van der Waals surface area contributed by atoms with Gasteiger partial charge in [-0.15, -0.1) is 4.73 Å². The minimum absolute atomic E-state index is 0.428. The van der Waals surface area contributed by atoms with E-state index in [9.17, 15) is 10.0 Å². The fourth-order valence-electron chi connectivity index (χ4n) is 3.24. The Bertz CT molecular complexity index is 1130. The van der Waals surface area contributed by atoms with Gasteiger partial charge in [0, 0.05) is 6.07 Å². The highest BCUT2D eigenvalue weighted by Crippen LogP contribution is 2.29. The van der Waals surface area contributed by atoms with Crippen molar-refractivity contribution in [2.24, 2.45) is 0 Å². The smallest absolute Gasteiger partial charge is 0.283 e. The van der Waals surface area contributed by atoms with Crippen molar-refractivity contribution in [2.75, 3.05) is 0 Å². The maximum Gasteiger partial charge on any atom is 0.283 e. The Hall–Kier alpha value is -3.33. The first-order chi connectivity index (χ1) is 12.1. The van der Waals surface area contributed by atoms with Gasteiger partial charge in [0.1, 0.15) is 0 Å². The van der Waals surface area contributed by atoms with E-state index in [1.165, 1.54) is 6.07 Å². The highest BCUT2D eigenvalue weighted by molar-refractivity contribution is 6.07. The molecule has 1 aromatic heterocycles. The predicted molar refractivity (Wildman–Crippen MR) is 103 cm³/mol. The lowest BCUT2D eigenvalue weighted by molar-refractivity contribution is 0.172. The van der Waals surface area contributed by atoms with Gasteiger partial charge in [-0.1, -0.05) is 54.6 Å². The number of nitrogens with zero attached hydrogens (tertiary/aromatic N) is 1. The molecule has 0 bridgehead atoms. The Morgan fingerprint density at radius 3 is 2.08 bits per heavy atom. The fourth-order valence-corrected chi connectivity index (χ4v) is 3.24. The first-order valence-corrected chi connectivity index (χ1v) is 8.15. The molecule has 0 saturated heterocycles. The molecule has 1 heterocycles. The molecule has 0 atom stereocenters. The molecule has 4 rings (SSSR count). The molecule has 0 radical (unpaired) electrons. The van der Waals surface area contributed by atoms with Crippen LogP contribution in [0.1, 0.15) is 16.8 Å². The molecule has 0 fully saturated rings. The lowest BCUT2D eigenvalue weighted by Crippen LogP contribution is -2.18. The summed E-state index contributed by atoms with van der Waals surface area (Å²) in [5.74, 6) is 0. The maximum absolute atomic E-state index is 11.8. The SMILES string of the molecule is Cc1cc(C=Cc2c3ccccc3cc3ccccc23)n(O)c(=O)c1. The second-order valence-corrected chi connectivity index (χ2v) is 6.17. The monoisotopic (exact) mass is 327 g/mol. The normalized spacial score (nSPS) is 11.6. The molecule has 0 spiro atoms. The average molecular weight is 327 g/mol. The largest absolute Gasteiger partial charge is 0.425 e. The van der Waals surface area contributed by atoms with Crippen molar-refractivity contribution < 1.29 is 5.21 Å². The van der Waals surface area contributed by atoms with Crippen LogP contribution in [0.3, 0.4) is 0 Å². The van der Waals surface area contributed by atoms with Gasteiger partial charge >= 0.3 is 0 Å². The van der Waals surface area contributed by atoms with E-state index in [4.69, 9.17) is 0 Å². The molecule has 3 heteroatoms. The van der Waals surface area contributed by atoms with Gasteiger partial charge in [0.2, 0.25) is 0 Å². The van der Waals surface area contributed by atoms with Gasteiger partial charge in [-0.2, -0.15) is 0 Å². The molecule has 0 aliphatic carbocycles. The van der Waals surface area contributed by atoms with E-state index in [1.54, 1.807) is 12.1 Å². The third-order valence-electron chi connectivity index (χ3n) is 4.41. The Kier molecular flexibility index (Phi) is 3.62. The van der Waals surface area contributed by atoms with Crippen LogP contribution in [0.2, 0.25) is 0 Å². The summed E-state index contributed by atoms with van der Waals surface area (Å²) in [5.41, 5.74) is 1.92. The van der Waals surface area contributed by atoms with Gasteiger partial charge in [0.15, 0.2) is 0 Å². The van der Waals surface area contributed by atoms with Crippen molar-refractivity contribution >= 4 is 33.7 Å². The molecule has 0 saturated carbocycles. The van der Waals surface area contributed by atoms with Crippen molar-refractivity contribution in [2.45, 2.75) is 6.92 Å². The van der Waals surface area contributed by atoms with Gasteiger partial charge in [-0.25, -0.2) is 0 Å². The van der Waals surface area contributed by atoms with Crippen LogP contribution >= 0.6 is 0 Å². The summed E-state index contributed by atoms with van der Waals surface area (Å²) < 4.78 is 0.677. The van der Waals surface area contributed by atoms with E-state index in [0.717, 1.165) is 32.7 Å². The molecule has 122 valence electrons. The molecule has 0 aliphatic rings. The van der Waals surface area contributed by atoms with Crippen molar-refractivity contribution in [3.8, 4) is 0 Å². The zero-order valence-electron chi connectivity index (χ0n) is 13.8. The Morgan fingerprint density at radius 2 is 1.44 bits per heavy atom. The van der Waals surface area contributed by atoms with E-state index in [0.29, 0.717) is 10.4 Å². The van der Waals surface area contributed by atoms with Crippen molar-refractivity contribution in [1.82, 2.24) is 4.73 Å². The third-order valence-corrected chi connectivity index (χ3v) is 4.41. The fraction of sp³-hybridized carbons (Fsp3) is 0.0455.